The molecule has 1 aromatic carbocycles. The second kappa shape index (κ2) is 7.87. The average molecular weight is 304 g/mol. The molecule has 1 aromatic rings. The predicted molar refractivity (Wildman–Crippen MR) is 94.8 cm³/mol. The SMILES string of the molecule is CC(C)Oc1cc(CNC2CCCCC2C)ccc1N(C)C. The Kier molecular flexibility index (Phi) is 6.13. The second-order valence-corrected chi connectivity index (χ2v) is 7.11. The van der Waals surface area contributed by atoms with Crippen molar-refractivity contribution in [2.45, 2.75) is 65.1 Å². The number of hydrogen-bond acceptors (Lipinski definition) is 3. The Morgan fingerprint density at radius 3 is 2.59 bits per heavy atom. The fourth-order valence-electron chi connectivity index (χ4n) is 3.25. The average Bonchev–Trinajstić information content (AvgIpc) is 2.45. The molecule has 0 radical (unpaired) electrons. The summed E-state index contributed by atoms with van der Waals surface area (Å²) in [6, 6.07) is 7.23. The summed E-state index contributed by atoms with van der Waals surface area (Å²) in [5.41, 5.74) is 2.45. The van der Waals surface area contributed by atoms with Crippen molar-refractivity contribution in [1.82, 2.24) is 5.32 Å². The van der Waals surface area contributed by atoms with E-state index in [9.17, 15) is 0 Å². The van der Waals surface area contributed by atoms with E-state index in [4.69, 9.17) is 4.74 Å². The van der Waals surface area contributed by atoms with Crippen LogP contribution in [-0.2, 0) is 6.54 Å². The smallest absolute Gasteiger partial charge is 0.143 e. The van der Waals surface area contributed by atoms with E-state index in [0.29, 0.717) is 6.04 Å². The number of benzene rings is 1. The largest absolute Gasteiger partial charge is 0.489 e. The zero-order valence-electron chi connectivity index (χ0n) is 14.9. The van der Waals surface area contributed by atoms with Crippen LogP contribution in [0, 0.1) is 5.92 Å². The van der Waals surface area contributed by atoms with Crippen LogP contribution in [0.25, 0.3) is 0 Å². The van der Waals surface area contributed by atoms with Crippen molar-refractivity contribution < 1.29 is 4.74 Å². The number of nitrogens with zero attached hydrogens (tertiary/aromatic N) is 1. The van der Waals surface area contributed by atoms with Crippen molar-refractivity contribution in [3.05, 3.63) is 23.8 Å². The van der Waals surface area contributed by atoms with E-state index in [0.717, 1.165) is 23.9 Å². The molecule has 22 heavy (non-hydrogen) atoms. The lowest BCUT2D eigenvalue weighted by Crippen LogP contribution is -2.36. The minimum atomic E-state index is 0.195. The number of ether oxygens (including phenoxy) is 1. The van der Waals surface area contributed by atoms with E-state index in [2.05, 4.69) is 63.3 Å². The summed E-state index contributed by atoms with van der Waals surface area (Å²) in [4.78, 5) is 2.11. The molecule has 3 heteroatoms. The topological polar surface area (TPSA) is 24.5 Å². The maximum absolute atomic E-state index is 5.99. The maximum atomic E-state index is 5.99. The highest BCUT2D eigenvalue weighted by Crippen LogP contribution is 2.29. The predicted octanol–water partition coefficient (Wildman–Crippen LogP) is 4.21. The zero-order valence-corrected chi connectivity index (χ0v) is 14.9. The van der Waals surface area contributed by atoms with Crippen LogP contribution in [0.1, 0.15) is 52.0 Å². The Hall–Kier alpha value is -1.22. The first-order chi connectivity index (χ1) is 10.5. The molecule has 0 aliphatic heterocycles. The van der Waals surface area contributed by atoms with Crippen molar-refractivity contribution in [2.75, 3.05) is 19.0 Å². The minimum Gasteiger partial charge on any atom is -0.489 e. The van der Waals surface area contributed by atoms with Crippen molar-refractivity contribution >= 4 is 5.69 Å². The Morgan fingerprint density at radius 2 is 1.95 bits per heavy atom. The Bertz CT molecular complexity index is 471. The third-order valence-corrected chi connectivity index (χ3v) is 4.55. The summed E-state index contributed by atoms with van der Waals surface area (Å²) < 4.78 is 5.99. The molecule has 1 fully saturated rings. The summed E-state index contributed by atoms with van der Waals surface area (Å²) in [6.45, 7) is 7.46. The molecular weight excluding hydrogens is 272 g/mol. The van der Waals surface area contributed by atoms with Gasteiger partial charge in [-0.2, -0.15) is 0 Å². The van der Waals surface area contributed by atoms with Crippen LogP contribution in [-0.4, -0.2) is 26.2 Å². The summed E-state index contributed by atoms with van der Waals surface area (Å²) in [5.74, 6) is 1.78. The minimum absolute atomic E-state index is 0.195. The van der Waals surface area contributed by atoms with Gasteiger partial charge in [0.05, 0.1) is 11.8 Å². The molecule has 1 saturated carbocycles. The van der Waals surface area contributed by atoms with E-state index < -0.39 is 0 Å². The van der Waals surface area contributed by atoms with E-state index in [-0.39, 0.29) is 6.10 Å². The summed E-state index contributed by atoms with van der Waals surface area (Å²) >= 11 is 0. The van der Waals surface area contributed by atoms with Crippen LogP contribution in [0.5, 0.6) is 5.75 Å². The molecule has 0 bridgehead atoms. The molecule has 1 N–H and O–H groups in total. The third-order valence-electron chi connectivity index (χ3n) is 4.55. The first-order valence-electron chi connectivity index (χ1n) is 8.67. The van der Waals surface area contributed by atoms with Crippen molar-refractivity contribution in [2.24, 2.45) is 5.92 Å². The molecular formula is C19H32N2O. The molecule has 0 aromatic heterocycles. The molecule has 1 aliphatic rings. The van der Waals surface area contributed by atoms with Gasteiger partial charge in [0.25, 0.3) is 0 Å². The number of hydrogen-bond donors (Lipinski definition) is 1. The van der Waals surface area contributed by atoms with Crippen LogP contribution in [0.15, 0.2) is 18.2 Å². The van der Waals surface area contributed by atoms with Crippen molar-refractivity contribution in [1.29, 1.82) is 0 Å². The van der Waals surface area contributed by atoms with Crippen molar-refractivity contribution in [3.8, 4) is 5.75 Å². The number of nitrogens with one attached hydrogen (secondary N) is 1. The van der Waals surface area contributed by atoms with Gasteiger partial charge in [0.15, 0.2) is 0 Å². The highest BCUT2D eigenvalue weighted by molar-refractivity contribution is 5.59. The highest BCUT2D eigenvalue weighted by Gasteiger charge is 2.20. The zero-order chi connectivity index (χ0) is 16.1. The van der Waals surface area contributed by atoms with Crippen molar-refractivity contribution in [3.63, 3.8) is 0 Å². The van der Waals surface area contributed by atoms with Crippen LogP contribution in [0.4, 0.5) is 5.69 Å². The highest BCUT2D eigenvalue weighted by atomic mass is 16.5. The maximum Gasteiger partial charge on any atom is 0.143 e. The number of rotatable bonds is 6. The lowest BCUT2D eigenvalue weighted by atomic mass is 9.86. The Labute approximate surface area is 136 Å². The van der Waals surface area contributed by atoms with E-state index in [1.807, 2.05) is 0 Å². The van der Waals surface area contributed by atoms with Gasteiger partial charge >= 0.3 is 0 Å². The van der Waals surface area contributed by atoms with Gasteiger partial charge < -0.3 is 15.0 Å². The van der Waals surface area contributed by atoms with Crippen LogP contribution < -0.4 is 15.0 Å². The fourth-order valence-corrected chi connectivity index (χ4v) is 3.25. The quantitative estimate of drug-likeness (QED) is 0.852. The molecule has 2 atom stereocenters. The molecule has 2 unspecified atom stereocenters. The van der Waals surface area contributed by atoms with E-state index in [1.54, 1.807) is 0 Å². The lowest BCUT2D eigenvalue weighted by Gasteiger charge is -2.30. The molecule has 1 aliphatic carbocycles. The Balaban J connectivity index is 2.04. The first-order valence-corrected chi connectivity index (χ1v) is 8.67. The summed E-state index contributed by atoms with van der Waals surface area (Å²) in [6.07, 6.45) is 5.62. The first kappa shape index (κ1) is 17.1. The Morgan fingerprint density at radius 1 is 1.23 bits per heavy atom. The molecule has 0 spiro atoms. The standard InChI is InChI=1S/C19H32N2O/c1-14(2)22-19-12-16(10-11-18(19)21(4)5)13-20-17-9-7-6-8-15(17)3/h10-12,14-15,17,20H,6-9,13H2,1-5H3. The third kappa shape index (κ3) is 4.64. The van der Waals surface area contributed by atoms with Gasteiger partial charge in [-0.15, -0.1) is 0 Å². The normalized spacial score (nSPS) is 21.9. The molecule has 0 heterocycles. The molecule has 0 saturated heterocycles. The molecule has 124 valence electrons. The summed E-state index contributed by atoms with van der Waals surface area (Å²) in [5, 5.41) is 3.75. The van der Waals surface area contributed by atoms with Gasteiger partial charge in [0.2, 0.25) is 0 Å². The van der Waals surface area contributed by atoms with Gasteiger partial charge in [0.1, 0.15) is 5.75 Å². The van der Waals surface area contributed by atoms with Gasteiger partial charge in [0, 0.05) is 26.7 Å². The molecule has 2 rings (SSSR count). The van der Waals surface area contributed by atoms with Gasteiger partial charge in [-0.25, -0.2) is 0 Å². The second-order valence-electron chi connectivity index (χ2n) is 7.11. The molecule has 3 nitrogen and oxygen atoms in total. The molecule has 0 amide bonds. The van der Waals surface area contributed by atoms with Crippen LogP contribution in [0.2, 0.25) is 0 Å². The van der Waals surface area contributed by atoms with Crippen LogP contribution >= 0.6 is 0 Å². The van der Waals surface area contributed by atoms with Gasteiger partial charge in [-0.05, 0) is 50.3 Å². The summed E-state index contributed by atoms with van der Waals surface area (Å²) in [7, 11) is 4.12. The van der Waals surface area contributed by atoms with Gasteiger partial charge in [-0.3, -0.25) is 0 Å². The lowest BCUT2D eigenvalue weighted by molar-refractivity contribution is 0.242. The fraction of sp³-hybridized carbons (Fsp3) is 0.684. The van der Waals surface area contributed by atoms with Crippen LogP contribution in [0.3, 0.4) is 0 Å². The monoisotopic (exact) mass is 304 g/mol. The van der Waals surface area contributed by atoms with Gasteiger partial charge in [-0.1, -0.05) is 25.8 Å². The van der Waals surface area contributed by atoms with E-state index >= 15 is 0 Å². The van der Waals surface area contributed by atoms with E-state index in [1.165, 1.54) is 31.2 Å². The number of anilines is 1.